The van der Waals surface area contributed by atoms with E-state index < -0.39 is 12.0 Å². The molecule has 0 atom stereocenters. The molecule has 116 valence electrons. The number of hydrogen-bond acceptors (Lipinski definition) is 3. The molecule has 2 amide bonds. The third-order valence-corrected chi connectivity index (χ3v) is 3.13. The maximum absolute atomic E-state index is 11.7. The summed E-state index contributed by atoms with van der Waals surface area (Å²) in [5.74, 6) is -1.10. The molecule has 0 bridgehead atoms. The Morgan fingerprint density at radius 3 is 2.76 bits per heavy atom. The van der Waals surface area contributed by atoms with Crippen molar-refractivity contribution >= 4 is 33.6 Å². The predicted octanol–water partition coefficient (Wildman–Crippen LogP) is 3.09. The van der Waals surface area contributed by atoms with Crippen LogP contribution in [-0.4, -0.2) is 36.9 Å². The largest absolute Gasteiger partial charge is 0.478 e. The van der Waals surface area contributed by atoms with Gasteiger partial charge in [0.25, 0.3) is 0 Å². The summed E-state index contributed by atoms with van der Waals surface area (Å²) in [5, 5.41) is 14.2. The maximum atomic E-state index is 11.7. The second kappa shape index (κ2) is 9.36. The first-order valence-electron chi connectivity index (χ1n) is 6.70. The highest BCUT2D eigenvalue weighted by Gasteiger charge is 2.12. The fourth-order valence-corrected chi connectivity index (χ4v) is 1.92. The van der Waals surface area contributed by atoms with E-state index in [-0.39, 0.29) is 11.3 Å². The van der Waals surface area contributed by atoms with E-state index in [0.29, 0.717) is 24.2 Å². The number of aromatic carboxylic acids is 1. The molecule has 6 nitrogen and oxygen atoms in total. The number of carboxylic acid groups (broad SMARTS) is 1. The van der Waals surface area contributed by atoms with Gasteiger partial charge in [-0.1, -0.05) is 29.3 Å². The summed E-state index contributed by atoms with van der Waals surface area (Å²) in [5.41, 5.74) is 0.272. The van der Waals surface area contributed by atoms with Crippen LogP contribution in [0.25, 0.3) is 0 Å². The van der Waals surface area contributed by atoms with Crippen molar-refractivity contribution < 1.29 is 19.4 Å². The van der Waals surface area contributed by atoms with Crippen LogP contribution in [0.3, 0.4) is 0 Å². The molecule has 3 N–H and O–H groups in total. The van der Waals surface area contributed by atoms with Crippen LogP contribution in [0.1, 0.15) is 30.1 Å². The van der Waals surface area contributed by atoms with Crippen molar-refractivity contribution in [3.05, 3.63) is 28.2 Å². The molecule has 1 rings (SSSR count). The van der Waals surface area contributed by atoms with Crippen LogP contribution in [-0.2, 0) is 4.74 Å². The average Bonchev–Trinajstić information content (AvgIpc) is 2.42. The van der Waals surface area contributed by atoms with Crippen molar-refractivity contribution in [2.75, 3.05) is 25.1 Å². The van der Waals surface area contributed by atoms with Crippen LogP contribution in [0.5, 0.6) is 0 Å². The Bertz CT molecular complexity index is 494. The number of halogens is 1. The number of ether oxygens (including phenoxy) is 1. The fourth-order valence-electron chi connectivity index (χ4n) is 1.56. The Labute approximate surface area is 132 Å². The first-order chi connectivity index (χ1) is 10.0. The third kappa shape index (κ3) is 6.59. The number of hydrogen-bond donors (Lipinski definition) is 3. The van der Waals surface area contributed by atoms with E-state index in [1.165, 1.54) is 6.07 Å². The molecule has 0 saturated carbocycles. The maximum Gasteiger partial charge on any atom is 0.337 e. The van der Waals surface area contributed by atoms with E-state index in [4.69, 9.17) is 9.84 Å². The Morgan fingerprint density at radius 2 is 2.10 bits per heavy atom. The topological polar surface area (TPSA) is 87.7 Å². The van der Waals surface area contributed by atoms with Crippen molar-refractivity contribution in [2.45, 2.75) is 19.8 Å². The quantitative estimate of drug-likeness (QED) is 0.623. The van der Waals surface area contributed by atoms with Crippen molar-refractivity contribution in [3.8, 4) is 0 Å². The van der Waals surface area contributed by atoms with Gasteiger partial charge in [0.1, 0.15) is 0 Å². The predicted molar refractivity (Wildman–Crippen MR) is 83.8 cm³/mol. The SMILES string of the molecule is CCCCOCCNC(=O)Nc1cc(Br)ccc1C(=O)O. The Kier molecular flexibility index (Phi) is 7.78. The standard InChI is InChI=1S/C14H19BrN2O4/c1-2-3-7-21-8-6-16-14(20)17-12-9-10(15)4-5-11(12)13(18)19/h4-5,9H,2-3,6-8H2,1H3,(H,18,19)(H2,16,17,20). The molecule has 1 aromatic rings. The van der Waals surface area contributed by atoms with Crippen molar-refractivity contribution in [3.63, 3.8) is 0 Å². The number of carboxylic acids is 1. The third-order valence-electron chi connectivity index (χ3n) is 2.63. The molecule has 7 heteroatoms. The van der Waals surface area contributed by atoms with E-state index in [1.807, 2.05) is 0 Å². The lowest BCUT2D eigenvalue weighted by Gasteiger charge is -2.10. The summed E-state index contributed by atoms with van der Waals surface area (Å²) >= 11 is 3.24. The molecular formula is C14H19BrN2O4. The first kappa shape index (κ1) is 17.5. The van der Waals surface area contributed by atoms with Gasteiger partial charge in [0.15, 0.2) is 0 Å². The van der Waals surface area contributed by atoms with Crippen LogP contribution in [0.15, 0.2) is 22.7 Å². The summed E-state index contributed by atoms with van der Waals surface area (Å²) in [6, 6.07) is 4.11. The molecule has 21 heavy (non-hydrogen) atoms. The zero-order chi connectivity index (χ0) is 15.7. The van der Waals surface area contributed by atoms with Gasteiger partial charge in [-0.25, -0.2) is 9.59 Å². The summed E-state index contributed by atoms with van der Waals surface area (Å²) in [6.45, 7) is 3.55. The molecule has 0 aliphatic carbocycles. The first-order valence-corrected chi connectivity index (χ1v) is 7.49. The second-order valence-corrected chi connectivity index (χ2v) is 5.26. The average molecular weight is 359 g/mol. The minimum atomic E-state index is -1.10. The number of amides is 2. The van der Waals surface area contributed by atoms with Crippen molar-refractivity contribution in [1.82, 2.24) is 5.32 Å². The fraction of sp³-hybridized carbons (Fsp3) is 0.429. The molecular weight excluding hydrogens is 340 g/mol. The van der Waals surface area contributed by atoms with Crippen LogP contribution >= 0.6 is 15.9 Å². The van der Waals surface area contributed by atoms with E-state index in [9.17, 15) is 9.59 Å². The molecule has 0 saturated heterocycles. The monoisotopic (exact) mass is 358 g/mol. The molecule has 0 radical (unpaired) electrons. The Balaban J connectivity index is 2.44. The zero-order valence-electron chi connectivity index (χ0n) is 11.8. The van der Waals surface area contributed by atoms with Crippen molar-refractivity contribution in [2.24, 2.45) is 0 Å². The number of urea groups is 1. The normalized spacial score (nSPS) is 10.2. The molecule has 0 unspecified atom stereocenters. The number of rotatable bonds is 8. The molecule has 0 heterocycles. The van der Waals surface area contributed by atoms with E-state index in [0.717, 1.165) is 12.8 Å². The molecule has 0 aliphatic heterocycles. The number of anilines is 1. The smallest absolute Gasteiger partial charge is 0.337 e. The van der Waals surface area contributed by atoms with Crippen LogP contribution in [0, 0.1) is 0 Å². The van der Waals surface area contributed by atoms with Gasteiger partial charge < -0.3 is 20.5 Å². The number of carbonyl (C=O) groups is 2. The highest BCUT2D eigenvalue weighted by atomic mass is 79.9. The summed E-state index contributed by atoms with van der Waals surface area (Å²) < 4.78 is 6.00. The minimum absolute atomic E-state index is 0.0348. The molecule has 0 fully saturated rings. The summed E-state index contributed by atoms with van der Waals surface area (Å²) in [6.07, 6.45) is 2.06. The van der Waals surface area contributed by atoms with Gasteiger partial charge in [-0.15, -0.1) is 0 Å². The summed E-state index contributed by atoms with van der Waals surface area (Å²) in [7, 11) is 0. The van der Waals surface area contributed by atoms with Gasteiger partial charge >= 0.3 is 12.0 Å². The molecule has 1 aromatic carbocycles. The van der Waals surface area contributed by atoms with Gasteiger partial charge in [-0.05, 0) is 24.6 Å². The van der Waals surface area contributed by atoms with E-state index >= 15 is 0 Å². The number of carbonyl (C=O) groups excluding carboxylic acids is 1. The lowest BCUT2D eigenvalue weighted by Crippen LogP contribution is -2.32. The zero-order valence-corrected chi connectivity index (χ0v) is 13.4. The number of unbranched alkanes of at least 4 members (excludes halogenated alkanes) is 1. The van der Waals surface area contributed by atoms with Gasteiger partial charge in [0.05, 0.1) is 17.9 Å². The van der Waals surface area contributed by atoms with Crippen LogP contribution in [0.2, 0.25) is 0 Å². The molecule has 0 spiro atoms. The highest BCUT2D eigenvalue weighted by Crippen LogP contribution is 2.21. The second-order valence-electron chi connectivity index (χ2n) is 4.34. The van der Waals surface area contributed by atoms with Gasteiger partial charge in [0.2, 0.25) is 0 Å². The van der Waals surface area contributed by atoms with Crippen molar-refractivity contribution in [1.29, 1.82) is 0 Å². The number of nitrogens with one attached hydrogen (secondary N) is 2. The minimum Gasteiger partial charge on any atom is -0.478 e. The lowest BCUT2D eigenvalue weighted by molar-refractivity contribution is 0.0698. The van der Waals surface area contributed by atoms with Crippen LogP contribution in [0.4, 0.5) is 10.5 Å². The van der Waals surface area contributed by atoms with Gasteiger partial charge in [-0.2, -0.15) is 0 Å². The summed E-state index contributed by atoms with van der Waals surface area (Å²) in [4.78, 5) is 22.8. The van der Waals surface area contributed by atoms with Crippen LogP contribution < -0.4 is 10.6 Å². The van der Waals surface area contributed by atoms with E-state index in [2.05, 4.69) is 33.5 Å². The Morgan fingerprint density at radius 1 is 1.33 bits per heavy atom. The molecule has 0 aromatic heterocycles. The van der Waals surface area contributed by atoms with E-state index in [1.54, 1.807) is 12.1 Å². The lowest BCUT2D eigenvalue weighted by atomic mass is 10.2. The highest BCUT2D eigenvalue weighted by molar-refractivity contribution is 9.10. The number of benzene rings is 1. The molecule has 0 aliphatic rings. The van der Waals surface area contributed by atoms with Gasteiger partial charge in [0, 0.05) is 17.6 Å². The Hall–Kier alpha value is -1.60. The van der Waals surface area contributed by atoms with Gasteiger partial charge in [-0.3, -0.25) is 0 Å².